The minimum absolute atomic E-state index is 0.278. The van der Waals surface area contributed by atoms with Crippen LogP contribution in [0.2, 0.25) is 5.02 Å². The van der Waals surface area contributed by atoms with E-state index in [0.717, 1.165) is 5.56 Å². The van der Waals surface area contributed by atoms with Gasteiger partial charge in [-0.15, -0.1) is 0 Å². The highest BCUT2D eigenvalue weighted by atomic mass is 35.5. The molecule has 138 valence electrons. The molecule has 0 fully saturated rings. The minimum atomic E-state index is -0.681. The molecule has 0 radical (unpaired) electrons. The molecule has 0 saturated carbocycles. The quantitative estimate of drug-likeness (QED) is 0.717. The van der Waals surface area contributed by atoms with E-state index in [1.54, 1.807) is 49.4 Å². The molecule has 2 rings (SSSR count). The Bertz CT molecular complexity index is 791. The predicted octanol–water partition coefficient (Wildman–Crippen LogP) is 4.62. The van der Waals surface area contributed by atoms with Crippen molar-refractivity contribution in [2.24, 2.45) is 0 Å². The van der Waals surface area contributed by atoms with Crippen molar-refractivity contribution in [3.05, 3.63) is 58.6 Å². The Labute approximate surface area is 158 Å². The first kappa shape index (κ1) is 19.8. The van der Waals surface area contributed by atoms with E-state index in [2.05, 4.69) is 5.32 Å². The van der Waals surface area contributed by atoms with Gasteiger partial charge in [0, 0.05) is 5.69 Å². The number of carbonyl (C=O) groups is 2. The van der Waals surface area contributed by atoms with Crippen molar-refractivity contribution in [3.8, 4) is 5.75 Å². The van der Waals surface area contributed by atoms with Crippen LogP contribution in [0.3, 0.4) is 0 Å². The van der Waals surface area contributed by atoms with Crippen molar-refractivity contribution < 1.29 is 19.1 Å². The van der Waals surface area contributed by atoms with Crippen LogP contribution in [0.15, 0.2) is 42.5 Å². The number of ether oxygens (including phenoxy) is 2. The third kappa shape index (κ3) is 4.99. The maximum atomic E-state index is 12.6. The molecule has 0 aliphatic carbocycles. The number of carbonyl (C=O) groups excluding carboxylic acids is 2. The maximum absolute atomic E-state index is 12.6. The van der Waals surface area contributed by atoms with Crippen LogP contribution in [-0.2, 0) is 9.53 Å². The molecule has 0 unspecified atom stereocenters. The second-order valence-electron chi connectivity index (χ2n) is 5.68. The average Bonchev–Trinajstić information content (AvgIpc) is 2.62. The summed E-state index contributed by atoms with van der Waals surface area (Å²) in [6.45, 7) is 5.74. The second-order valence-corrected chi connectivity index (χ2v) is 6.09. The standard InChI is InChI=1S/C20H22ClNO4/c1-4-17(26-18-9-7-6-8-15(18)21)19(23)22-16-11-10-14(12-13(16)3)20(24)25-5-2/h6-12,17H,4-5H2,1-3H3,(H,22,23)/t17-/m1/s1. The summed E-state index contributed by atoms with van der Waals surface area (Å²) < 4.78 is 10.7. The zero-order chi connectivity index (χ0) is 19.1. The van der Waals surface area contributed by atoms with Crippen LogP contribution in [0.4, 0.5) is 5.69 Å². The van der Waals surface area contributed by atoms with E-state index in [-0.39, 0.29) is 11.9 Å². The number of benzene rings is 2. The monoisotopic (exact) mass is 375 g/mol. The van der Waals surface area contributed by atoms with Crippen molar-refractivity contribution >= 4 is 29.2 Å². The van der Waals surface area contributed by atoms with E-state index in [4.69, 9.17) is 21.1 Å². The van der Waals surface area contributed by atoms with Gasteiger partial charge in [-0.05, 0) is 56.2 Å². The summed E-state index contributed by atoms with van der Waals surface area (Å²) in [6.07, 6.45) is -0.198. The first-order valence-corrected chi connectivity index (χ1v) is 8.83. The molecule has 0 saturated heterocycles. The highest BCUT2D eigenvalue weighted by molar-refractivity contribution is 6.32. The fourth-order valence-corrected chi connectivity index (χ4v) is 2.55. The second kappa shape index (κ2) is 9.25. The summed E-state index contributed by atoms with van der Waals surface area (Å²) >= 11 is 6.09. The van der Waals surface area contributed by atoms with Crippen LogP contribution in [0, 0.1) is 6.92 Å². The molecule has 0 bridgehead atoms. The van der Waals surface area contributed by atoms with Gasteiger partial charge in [0.15, 0.2) is 6.10 Å². The van der Waals surface area contributed by atoms with Gasteiger partial charge < -0.3 is 14.8 Å². The van der Waals surface area contributed by atoms with Gasteiger partial charge in [-0.2, -0.15) is 0 Å². The summed E-state index contributed by atoms with van der Waals surface area (Å²) in [5.74, 6) is -0.202. The van der Waals surface area contributed by atoms with E-state index in [1.165, 1.54) is 0 Å². The van der Waals surface area contributed by atoms with Crippen molar-refractivity contribution in [2.75, 3.05) is 11.9 Å². The van der Waals surface area contributed by atoms with Gasteiger partial charge >= 0.3 is 5.97 Å². The fourth-order valence-electron chi connectivity index (χ4n) is 2.37. The molecule has 0 aliphatic rings. The topological polar surface area (TPSA) is 64.6 Å². The molecule has 0 spiro atoms. The third-order valence-corrected chi connectivity index (χ3v) is 4.08. The predicted molar refractivity (Wildman–Crippen MR) is 102 cm³/mol. The van der Waals surface area contributed by atoms with Gasteiger partial charge in [0.2, 0.25) is 0 Å². The molecule has 0 aliphatic heterocycles. The van der Waals surface area contributed by atoms with E-state index < -0.39 is 6.10 Å². The zero-order valence-corrected chi connectivity index (χ0v) is 15.8. The van der Waals surface area contributed by atoms with Gasteiger partial charge in [0.25, 0.3) is 5.91 Å². The van der Waals surface area contributed by atoms with Crippen molar-refractivity contribution in [1.82, 2.24) is 0 Å². The Morgan fingerprint density at radius 1 is 1.15 bits per heavy atom. The number of hydrogen-bond acceptors (Lipinski definition) is 4. The van der Waals surface area contributed by atoms with Crippen molar-refractivity contribution in [1.29, 1.82) is 0 Å². The molecule has 1 amide bonds. The summed E-state index contributed by atoms with van der Waals surface area (Å²) in [5.41, 5.74) is 1.82. The van der Waals surface area contributed by atoms with E-state index in [1.807, 2.05) is 13.8 Å². The highest BCUT2D eigenvalue weighted by Crippen LogP contribution is 2.25. The molecular weight excluding hydrogens is 354 g/mol. The number of anilines is 1. The number of halogens is 1. The Hall–Kier alpha value is -2.53. The number of rotatable bonds is 7. The summed E-state index contributed by atoms with van der Waals surface area (Å²) in [5, 5.41) is 3.29. The number of hydrogen-bond donors (Lipinski definition) is 1. The lowest BCUT2D eigenvalue weighted by Gasteiger charge is -2.19. The number of esters is 1. The zero-order valence-electron chi connectivity index (χ0n) is 15.0. The average molecular weight is 376 g/mol. The summed E-state index contributed by atoms with van der Waals surface area (Å²) in [7, 11) is 0. The van der Waals surface area contributed by atoms with Crippen LogP contribution in [0.1, 0.15) is 36.2 Å². The molecule has 26 heavy (non-hydrogen) atoms. The van der Waals surface area contributed by atoms with Crippen LogP contribution < -0.4 is 10.1 Å². The van der Waals surface area contributed by atoms with Crippen molar-refractivity contribution in [3.63, 3.8) is 0 Å². The molecule has 1 N–H and O–H groups in total. The van der Waals surface area contributed by atoms with E-state index >= 15 is 0 Å². The fraction of sp³-hybridized carbons (Fsp3) is 0.300. The molecule has 6 heteroatoms. The lowest BCUT2D eigenvalue weighted by Crippen LogP contribution is -2.32. The van der Waals surface area contributed by atoms with E-state index in [0.29, 0.717) is 35.1 Å². The highest BCUT2D eigenvalue weighted by Gasteiger charge is 2.20. The van der Waals surface area contributed by atoms with Gasteiger partial charge in [0.05, 0.1) is 17.2 Å². The molecule has 5 nitrogen and oxygen atoms in total. The maximum Gasteiger partial charge on any atom is 0.338 e. The Morgan fingerprint density at radius 2 is 1.88 bits per heavy atom. The van der Waals surface area contributed by atoms with Gasteiger partial charge in [-0.3, -0.25) is 4.79 Å². The largest absolute Gasteiger partial charge is 0.479 e. The number of para-hydroxylation sites is 1. The van der Waals surface area contributed by atoms with Crippen LogP contribution in [0.5, 0.6) is 5.75 Å². The lowest BCUT2D eigenvalue weighted by molar-refractivity contribution is -0.122. The molecule has 2 aromatic carbocycles. The molecule has 0 aromatic heterocycles. The third-order valence-electron chi connectivity index (χ3n) is 3.76. The number of aryl methyl sites for hydroxylation is 1. The Kier molecular flexibility index (Phi) is 7.04. The molecule has 0 heterocycles. The SMILES string of the molecule is CCOC(=O)c1ccc(NC(=O)[C@@H](CC)Oc2ccccc2Cl)c(C)c1. The van der Waals surface area contributed by atoms with Crippen LogP contribution in [-0.4, -0.2) is 24.6 Å². The van der Waals surface area contributed by atoms with Crippen LogP contribution >= 0.6 is 11.6 Å². The number of nitrogens with one attached hydrogen (secondary N) is 1. The Balaban J connectivity index is 2.10. The molecule has 1 atom stereocenters. The number of amides is 1. The first-order chi connectivity index (χ1) is 12.5. The Morgan fingerprint density at radius 3 is 2.50 bits per heavy atom. The first-order valence-electron chi connectivity index (χ1n) is 8.46. The van der Waals surface area contributed by atoms with Crippen LogP contribution in [0.25, 0.3) is 0 Å². The van der Waals surface area contributed by atoms with Gasteiger partial charge in [-0.1, -0.05) is 30.7 Å². The minimum Gasteiger partial charge on any atom is -0.479 e. The summed E-state index contributed by atoms with van der Waals surface area (Å²) in [6, 6.07) is 12.0. The van der Waals surface area contributed by atoms with Gasteiger partial charge in [-0.25, -0.2) is 4.79 Å². The van der Waals surface area contributed by atoms with Gasteiger partial charge in [0.1, 0.15) is 5.75 Å². The van der Waals surface area contributed by atoms with E-state index in [9.17, 15) is 9.59 Å². The normalized spacial score (nSPS) is 11.5. The molecular formula is C20H22ClNO4. The molecule has 2 aromatic rings. The van der Waals surface area contributed by atoms with Crippen molar-refractivity contribution in [2.45, 2.75) is 33.3 Å². The smallest absolute Gasteiger partial charge is 0.338 e. The summed E-state index contributed by atoms with van der Waals surface area (Å²) in [4.78, 5) is 24.3. The lowest BCUT2D eigenvalue weighted by atomic mass is 10.1.